The van der Waals surface area contributed by atoms with Crippen LogP contribution in [0.5, 0.6) is 0 Å². The van der Waals surface area contributed by atoms with Crippen LogP contribution in [0.3, 0.4) is 0 Å². The van der Waals surface area contributed by atoms with Gasteiger partial charge in [0.15, 0.2) is 5.78 Å². The molecule has 0 bridgehead atoms. The van der Waals surface area contributed by atoms with Crippen LogP contribution in [0.25, 0.3) is 0 Å². The molecule has 0 aliphatic rings. The Kier molecular flexibility index (Phi) is 4.62. The third-order valence-electron chi connectivity index (χ3n) is 2.86. The van der Waals surface area contributed by atoms with Crippen LogP contribution in [0.1, 0.15) is 16.6 Å². The average molecular weight is 318 g/mol. The summed E-state index contributed by atoms with van der Waals surface area (Å²) in [5.41, 5.74) is 1.39. The van der Waals surface area contributed by atoms with Crippen molar-refractivity contribution in [3.8, 4) is 0 Å². The molecule has 0 radical (unpaired) electrons. The number of nitrogens with zero attached hydrogens (tertiary/aromatic N) is 4. The van der Waals surface area contributed by atoms with Crippen LogP contribution in [0.15, 0.2) is 40.6 Å². The van der Waals surface area contributed by atoms with Gasteiger partial charge in [0.1, 0.15) is 0 Å². The minimum Gasteiger partial charge on any atom is -0.378 e. The predicted octanol–water partition coefficient (Wildman–Crippen LogP) is 4.34. The fourth-order valence-electron chi connectivity index (χ4n) is 1.67. The molecule has 7 nitrogen and oxygen atoms in total. The van der Waals surface area contributed by atoms with Gasteiger partial charge >= 0.3 is 5.69 Å². The van der Waals surface area contributed by atoms with Crippen molar-refractivity contribution in [2.75, 3.05) is 19.0 Å². The number of thiophene rings is 1. The molecule has 0 saturated heterocycles. The zero-order valence-corrected chi connectivity index (χ0v) is 13.1. The summed E-state index contributed by atoms with van der Waals surface area (Å²) in [5, 5.41) is 19.0. The summed E-state index contributed by atoms with van der Waals surface area (Å²) in [6, 6.07) is 8.52. The highest BCUT2D eigenvalue weighted by atomic mass is 32.1. The van der Waals surface area contributed by atoms with Gasteiger partial charge in [-0.15, -0.1) is 21.6 Å². The number of ketones is 1. The molecule has 114 valence electrons. The van der Waals surface area contributed by atoms with E-state index in [9.17, 15) is 14.9 Å². The largest absolute Gasteiger partial charge is 0.378 e. The molecule has 8 heteroatoms. The first kappa shape index (κ1) is 15.8. The highest BCUT2D eigenvalue weighted by Crippen LogP contribution is 2.38. The SMILES string of the molecule is CC(=O)c1cc([N+](=O)[O-])c(N=Nc2ccc(N(C)C)cc2)s1. The van der Waals surface area contributed by atoms with Gasteiger partial charge < -0.3 is 4.90 Å². The molecule has 0 atom stereocenters. The second kappa shape index (κ2) is 6.44. The number of benzene rings is 1. The Labute approximate surface area is 131 Å². The van der Waals surface area contributed by atoms with Crippen LogP contribution in [0.4, 0.5) is 22.1 Å². The van der Waals surface area contributed by atoms with Gasteiger partial charge in [0.2, 0.25) is 5.00 Å². The molecular weight excluding hydrogens is 304 g/mol. The van der Waals surface area contributed by atoms with Crippen molar-refractivity contribution in [2.24, 2.45) is 10.2 Å². The zero-order valence-electron chi connectivity index (χ0n) is 12.3. The number of hydrogen-bond acceptors (Lipinski definition) is 7. The maximum Gasteiger partial charge on any atom is 0.308 e. The number of hydrogen-bond donors (Lipinski definition) is 0. The third-order valence-corrected chi connectivity index (χ3v) is 3.97. The van der Waals surface area contributed by atoms with Crippen molar-refractivity contribution in [3.63, 3.8) is 0 Å². The summed E-state index contributed by atoms with van der Waals surface area (Å²) in [5.74, 6) is -0.232. The topological polar surface area (TPSA) is 88.2 Å². The predicted molar refractivity (Wildman–Crippen MR) is 85.9 cm³/mol. The van der Waals surface area contributed by atoms with E-state index in [-0.39, 0.29) is 16.5 Å². The molecule has 0 aliphatic carbocycles. The van der Waals surface area contributed by atoms with E-state index in [2.05, 4.69) is 10.2 Å². The molecule has 2 rings (SSSR count). The van der Waals surface area contributed by atoms with Crippen LogP contribution in [0.2, 0.25) is 0 Å². The standard InChI is InChI=1S/C14H14N4O3S/c1-9(19)13-8-12(18(20)21)14(22-13)16-15-10-4-6-11(7-5-10)17(2)3/h4-8H,1-3H3. The van der Waals surface area contributed by atoms with Gasteiger partial charge in [0.25, 0.3) is 0 Å². The lowest BCUT2D eigenvalue weighted by atomic mass is 10.3. The van der Waals surface area contributed by atoms with E-state index >= 15 is 0 Å². The highest BCUT2D eigenvalue weighted by molar-refractivity contribution is 7.18. The maximum absolute atomic E-state index is 11.3. The van der Waals surface area contributed by atoms with Crippen molar-refractivity contribution in [1.82, 2.24) is 0 Å². The van der Waals surface area contributed by atoms with Gasteiger partial charge in [0.05, 0.1) is 15.5 Å². The Morgan fingerprint density at radius 1 is 1.23 bits per heavy atom. The van der Waals surface area contributed by atoms with Crippen molar-refractivity contribution in [1.29, 1.82) is 0 Å². The van der Waals surface area contributed by atoms with Crippen LogP contribution < -0.4 is 4.90 Å². The van der Waals surface area contributed by atoms with Gasteiger partial charge in [-0.25, -0.2) is 0 Å². The monoisotopic (exact) mass is 318 g/mol. The van der Waals surface area contributed by atoms with Gasteiger partial charge in [-0.05, 0) is 31.2 Å². The molecular formula is C14H14N4O3S. The van der Waals surface area contributed by atoms with Crippen molar-refractivity contribution in [3.05, 3.63) is 45.3 Å². The second-order valence-corrected chi connectivity index (χ2v) is 5.76. The summed E-state index contributed by atoms with van der Waals surface area (Å²) < 4.78 is 0. The van der Waals surface area contributed by atoms with Crippen molar-refractivity contribution in [2.45, 2.75) is 6.92 Å². The molecule has 1 heterocycles. The fraction of sp³-hybridized carbons (Fsp3) is 0.214. The maximum atomic E-state index is 11.3. The number of carbonyl (C=O) groups excluding carboxylic acids is 1. The minimum atomic E-state index is -0.563. The first-order chi connectivity index (χ1) is 10.4. The van der Waals surface area contributed by atoms with Crippen molar-refractivity contribution >= 4 is 39.2 Å². The summed E-state index contributed by atoms with van der Waals surface area (Å²) in [4.78, 5) is 24.0. The van der Waals surface area contributed by atoms with E-state index in [0.29, 0.717) is 10.6 Å². The Balaban J connectivity index is 2.29. The number of azo groups is 1. The summed E-state index contributed by atoms with van der Waals surface area (Å²) in [6.07, 6.45) is 0. The Hall–Kier alpha value is -2.61. The average Bonchev–Trinajstić information content (AvgIpc) is 2.90. The normalized spacial score (nSPS) is 10.9. The lowest BCUT2D eigenvalue weighted by Crippen LogP contribution is -2.07. The summed E-state index contributed by atoms with van der Waals surface area (Å²) in [7, 11) is 3.85. The smallest absolute Gasteiger partial charge is 0.308 e. The molecule has 0 saturated carbocycles. The molecule has 1 aromatic carbocycles. The molecule has 0 amide bonds. The molecule has 0 unspecified atom stereocenters. The van der Waals surface area contributed by atoms with E-state index in [0.717, 1.165) is 17.0 Å². The van der Waals surface area contributed by atoms with Gasteiger partial charge in [-0.2, -0.15) is 0 Å². The first-order valence-electron chi connectivity index (χ1n) is 6.37. The summed E-state index contributed by atoms with van der Waals surface area (Å²) in [6.45, 7) is 1.36. The Morgan fingerprint density at radius 3 is 2.36 bits per heavy atom. The van der Waals surface area contributed by atoms with Crippen LogP contribution in [0, 0.1) is 10.1 Å². The van der Waals surface area contributed by atoms with Crippen LogP contribution in [-0.2, 0) is 0 Å². The Morgan fingerprint density at radius 2 is 1.86 bits per heavy atom. The fourth-order valence-corrected chi connectivity index (χ4v) is 2.51. The van der Waals surface area contributed by atoms with E-state index in [1.165, 1.54) is 13.0 Å². The zero-order chi connectivity index (χ0) is 16.3. The van der Waals surface area contributed by atoms with Gasteiger partial charge in [-0.1, -0.05) is 0 Å². The number of anilines is 1. The number of nitro groups is 1. The van der Waals surface area contributed by atoms with Crippen LogP contribution >= 0.6 is 11.3 Å². The van der Waals surface area contributed by atoms with E-state index in [1.807, 2.05) is 31.1 Å². The number of carbonyl (C=O) groups is 1. The second-order valence-electron chi connectivity index (χ2n) is 4.73. The molecule has 0 fully saturated rings. The van der Waals surface area contributed by atoms with Crippen molar-refractivity contribution < 1.29 is 9.72 Å². The molecule has 1 aromatic heterocycles. The lowest BCUT2D eigenvalue weighted by Gasteiger charge is -2.11. The molecule has 0 N–H and O–H groups in total. The molecule has 0 aliphatic heterocycles. The number of Topliss-reactive ketones (excluding diaryl/α,β-unsaturated/α-hetero) is 1. The van der Waals surface area contributed by atoms with Gasteiger partial charge in [0, 0.05) is 25.8 Å². The third kappa shape index (κ3) is 3.53. The van der Waals surface area contributed by atoms with Crippen LogP contribution in [-0.4, -0.2) is 24.8 Å². The highest BCUT2D eigenvalue weighted by Gasteiger charge is 2.20. The quantitative estimate of drug-likeness (QED) is 0.355. The first-order valence-corrected chi connectivity index (χ1v) is 7.18. The van der Waals surface area contributed by atoms with E-state index in [4.69, 9.17) is 0 Å². The molecule has 22 heavy (non-hydrogen) atoms. The number of rotatable bonds is 5. The van der Waals surface area contributed by atoms with E-state index < -0.39 is 4.92 Å². The Bertz CT molecular complexity index is 735. The van der Waals surface area contributed by atoms with E-state index in [1.54, 1.807) is 12.1 Å². The lowest BCUT2D eigenvalue weighted by molar-refractivity contribution is -0.383. The van der Waals surface area contributed by atoms with Gasteiger partial charge in [-0.3, -0.25) is 14.9 Å². The molecule has 0 spiro atoms. The summed E-state index contributed by atoms with van der Waals surface area (Å²) >= 11 is 0.963. The minimum absolute atomic E-state index is 0.117. The molecule has 2 aromatic rings.